The van der Waals surface area contributed by atoms with E-state index in [1.807, 2.05) is 62.3 Å². The molecule has 6 heteroatoms. The molecular formula is C13H29IMgO3Si. The van der Waals surface area contributed by atoms with Gasteiger partial charge in [0.1, 0.15) is 0 Å². The molecule has 0 aromatic heterocycles. The van der Waals surface area contributed by atoms with E-state index in [0.29, 0.717) is 0 Å². The second kappa shape index (κ2) is 8.28. The first-order valence-corrected chi connectivity index (χ1v) is 8.01. The van der Waals surface area contributed by atoms with Crippen LogP contribution in [0.2, 0.25) is 0 Å². The van der Waals surface area contributed by atoms with E-state index in [2.05, 4.69) is 6.55 Å². The molecule has 0 unspecified atom stereocenters. The molecule has 19 heavy (non-hydrogen) atoms. The molecular weight excluding hydrogens is 383 g/mol. The topological polar surface area (TPSA) is 27.7 Å². The molecule has 0 atom stereocenters. The van der Waals surface area contributed by atoms with Crippen LogP contribution in [0.4, 0.5) is 0 Å². The normalized spacial score (nSPS) is 13.6. The Kier molecular flexibility index (Phi) is 11.1. The third-order valence-corrected chi connectivity index (χ3v) is 4.16. The van der Waals surface area contributed by atoms with Gasteiger partial charge in [-0.15, -0.1) is 0 Å². The summed E-state index contributed by atoms with van der Waals surface area (Å²) in [7, 11) is -2.91. The van der Waals surface area contributed by atoms with E-state index in [1.165, 1.54) is 0 Å². The molecule has 0 saturated carbocycles. The molecule has 0 aliphatic heterocycles. The molecule has 0 N–H and O–H groups in total. The number of rotatable bonds is 3. The molecule has 0 rings (SSSR count). The van der Waals surface area contributed by atoms with Gasteiger partial charge in [0.15, 0.2) is 0 Å². The Bertz CT molecular complexity index is 213. The zero-order chi connectivity index (χ0) is 14.1. The SMILES string of the molecule is [CH2-][Si](OC(C)(C)C)(OC(C)(C)C)OC(C)(C)C.[I-].[Mg+2]. The average molecular weight is 413 g/mol. The van der Waals surface area contributed by atoms with Gasteiger partial charge in [0.2, 0.25) is 0 Å². The maximum atomic E-state index is 5.96. The van der Waals surface area contributed by atoms with E-state index >= 15 is 0 Å². The van der Waals surface area contributed by atoms with Crippen molar-refractivity contribution in [2.75, 3.05) is 0 Å². The molecule has 0 bridgehead atoms. The van der Waals surface area contributed by atoms with Crippen LogP contribution in [0.5, 0.6) is 0 Å². The summed E-state index contributed by atoms with van der Waals surface area (Å²) in [6.07, 6.45) is 0. The molecule has 0 aromatic rings. The van der Waals surface area contributed by atoms with Gasteiger partial charge in [-0.05, 0) is 62.3 Å². The number of hydrogen-bond acceptors (Lipinski definition) is 3. The van der Waals surface area contributed by atoms with Gasteiger partial charge in [-0.1, -0.05) is 0 Å². The average Bonchev–Trinajstić information content (AvgIpc) is 1.65. The molecule has 0 amide bonds. The van der Waals surface area contributed by atoms with Gasteiger partial charge < -0.3 is 37.3 Å². The standard InChI is InChI=1S/C13H29O3Si.HI.Mg/c1-11(2,3)14-17(10,15-12(4,5)6)16-13(7,8)9;;/h10H2,1-9H3;1H;/q-1;;+2/p-1. The third kappa shape index (κ3) is 15.8. The van der Waals surface area contributed by atoms with Crippen molar-refractivity contribution in [3.8, 4) is 0 Å². The largest absolute Gasteiger partial charge is 2.00 e. The first-order valence-electron chi connectivity index (χ1n) is 6.08. The Morgan fingerprint density at radius 1 is 0.632 bits per heavy atom. The molecule has 0 saturated heterocycles. The van der Waals surface area contributed by atoms with Crippen molar-refractivity contribution < 1.29 is 37.3 Å². The number of halogens is 1. The van der Waals surface area contributed by atoms with Crippen LogP contribution in [-0.4, -0.2) is 48.7 Å². The fraction of sp³-hybridized carbons (Fsp3) is 0.923. The summed E-state index contributed by atoms with van der Waals surface area (Å²) in [6.45, 7) is 22.0. The van der Waals surface area contributed by atoms with E-state index in [4.69, 9.17) is 13.3 Å². The summed E-state index contributed by atoms with van der Waals surface area (Å²) in [5.74, 6) is 0. The third-order valence-electron chi connectivity index (χ3n) is 1.39. The van der Waals surface area contributed by atoms with Crippen molar-refractivity contribution in [3.63, 3.8) is 0 Å². The molecule has 0 aromatic carbocycles. The van der Waals surface area contributed by atoms with E-state index < -0.39 is 8.80 Å². The number of hydrogen-bond donors (Lipinski definition) is 0. The van der Waals surface area contributed by atoms with Crippen LogP contribution in [0.3, 0.4) is 0 Å². The molecule has 112 valence electrons. The molecule has 0 aliphatic rings. The minimum Gasteiger partial charge on any atom is -1.00 e. The Morgan fingerprint density at radius 3 is 0.895 bits per heavy atom. The van der Waals surface area contributed by atoms with Gasteiger partial charge in [-0.2, -0.15) is 0 Å². The molecule has 0 fully saturated rings. The predicted molar refractivity (Wildman–Crippen MR) is 79.4 cm³/mol. The summed E-state index contributed by atoms with van der Waals surface area (Å²) in [4.78, 5) is 0. The Morgan fingerprint density at radius 2 is 0.789 bits per heavy atom. The van der Waals surface area contributed by atoms with Crippen molar-refractivity contribution in [1.29, 1.82) is 0 Å². The van der Waals surface area contributed by atoms with Crippen molar-refractivity contribution >= 4 is 31.9 Å². The van der Waals surface area contributed by atoms with Crippen LogP contribution in [-0.2, 0) is 13.3 Å². The smallest absolute Gasteiger partial charge is 1.00 e. The summed E-state index contributed by atoms with van der Waals surface area (Å²) in [5.41, 5.74) is -0.987. The maximum Gasteiger partial charge on any atom is 2.00 e. The van der Waals surface area contributed by atoms with Gasteiger partial charge in [0.05, 0.1) is 16.8 Å². The first-order chi connectivity index (χ1) is 7.12. The van der Waals surface area contributed by atoms with Gasteiger partial charge in [-0.25, -0.2) is 0 Å². The predicted octanol–water partition coefficient (Wildman–Crippen LogP) is 0.367. The zero-order valence-corrected chi connectivity index (χ0v) is 18.6. The van der Waals surface area contributed by atoms with Crippen LogP contribution in [0.1, 0.15) is 62.3 Å². The molecule has 0 spiro atoms. The van der Waals surface area contributed by atoms with Crippen molar-refractivity contribution in [1.82, 2.24) is 0 Å². The zero-order valence-electron chi connectivity index (χ0n) is 14.0. The second-order valence-electron chi connectivity index (χ2n) is 7.33. The van der Waals surface area contributed by atoms with Crippen molar-refractivity contribution in [3.05, 3.63) is 6.55 Å². The fourth-order valence-electron chi connectivity index (χ4n) is 1.46. The van der Waals surface area contributed by atoms with Gasteiger partial charge in [-0.3, -0.25) is 6.55 Å². The minimum absolute atomic E-state index is 0. The maximum absolute atomic E-state index is 5.96. The Labute approximate surface area is 154 Å². The van der Waals surface area contributed by atoms with E-state index in [9.17, 15) is 0 Å². The van der Waals surface area contributed by atoms with Crippen molar-refractivity contribution in [2.24, 2.45) is 0 Å². The van der Waals surface area contributed by atoms with Crippen LogP contribution >= 0.6 is 0 Å². The van der Waals surface area contributed by atoms with E-state index in [0.717, 1.165) is 0 Å². The summed E-state index contributed by atoms with van der Waals surface area (Å²) >= 11 is 0. The Hall–Kier alpha value is 1.59. The monoisotopic (exact) mass is 412 g/mol. The summed E-state index contributed by atoms with van der Waals surface area (Å²) in [6, 6.07) is 0. The van der Waals surface area contributed by atoms with E-state index in [1.54, 1.807) is 0 Å². The van der Waals surface area contributed by atoms with Crippen LogP contribution < -0.4 is 24.0 Å². The fourth-order valence-corrected chi connectivity index (χ4v) is 4.39. The molecule has 0 heterocycles. The molecule has 0 radical (unpaired) electrons. The summed E-state index contributed by atoms with van der Waals surface area (Å²) in [5, 5.41) is 0. The van der Waals surface area contributed by atoms with Gasteiger partial charge in [0, 0.05) is 0 Å². The van der Waals surface area contributed by atoms with E-state index in [-0.39, 0.29) is 63.8 Å². The Balaban J connectivity index is -0.00000128. The van der Waals surface area contributed by atoms with Crippen LogP contribution in [0.25, 0.3) is 0 Å². The summed E-state index contributed by atoms with van der Waals surface area (Å²) < 4.78 is 17.9. The molecule has 0 aliphatic carbocycles. The second-order valence-corrected chi connectivity index (χ2v) is 9.30. The minimum atomic E-state index is -2.91. The first kappa shape index (κ1) is 25.5. The van der Waals surface area contributed by atoms with Gasteiger partial charge >= 0.3 is 31.9 Å². The van der Waals surface area contributed by atoms with Crippen molar-refractivity contribution in [2.45, 2.75) is 79.1 Å². The quantitative estimate of drug-likeness (QED) is 0.381. The van der Waals surface area contributed by atoms with Crippen LogP contribution in [0.15, 0.2) is 0 Å². The van der Waals surface area contributed by atoms with Gasteiger partial charge in [0.25, 0.3) is 0 Å². The van der Waals surface area contributed by atoms with Crippen LogP contribution in [0, 0.1) is 6.55 Å². The molecule has 3 nitrogen and oxygen atoms in total.